The molecule has 1 saturated carbocycles. The molecule has 0 heterocycles. The fraction of sp³-hybridized carbons (Fsp3) is 0.438. The maximum Gasteiger partial charge on any atom is 0.209 e. The molecule has 0 radical (unpaired) electrons. The van der Waals surface area contributed by atoms with Gasteiger partial charge < -0.3 is 0 Å². The molecule has 2 aliphatic rings. The van der Waals surface area contributed by atoms with Gasteiger partial charge in [-0.3, -0.25) is 14.6 Å². The lowest BCUT2D eigenvalue weighted by molar-refractivity contribution is 0.0969. The van der Waals surface area contributed by atoms with Crippen molar-refractivity contribution in [2.75, 3.05) is 6.54 Å². The van der Waals surface area contributed by atoms with E-state index in [2.05, 4.69) is 17.6 Å². The summed E-state index contributed by atoms with van der Waals surface area (Å²) in [6, 6.07) is 6.93. The van der Waals surface area contributed by atoms with Gasteiger partial charge in [0.2, 0.25) is 5.78 Å². The van der Waals surface area contributed by atoms with Gasteiger partial charge in [0, 0.05) is 17.7 Å². The van der Waals surface area contributed by atoms with Gasteiger partial charge in [0.1, 0.15) is 11.0 Å². The smallest absolute Gasteiger partial charge is 0.209 e. The molecule has 0 amide bonds. The molecule has 3 rings (SSSR count). The van der Waals surface area contributed by atoms with Crippen LogP contribution in [0, 0.1) is 5.92 Å². The zero-order chi connectivity index (χ0) is 14.1. The molecule has 0 aliphatic heterocycles. The highest BCUT2D eigenvalue weighted by Crippen LogP contribution is 2.27. The second-order valence-electron chi connectivity index (χ2n) is 5.52. The Bertz CT molecular complexity index is 588. The Balaban J connectivity index is 1.90. The number of benzene rings is 1. The molecule has 104 valence electrons. The van der Waals surface area contributed by atoms with E-state index in [4.69, 9.17) is 0 Å². The number of thiol groups is 1. The molecular formula is C16H17NO2S. The van der Waals surface area contributed by atoms with Crippen molar-refractivity contribution in [2.45, 2.75) is 30.9 Å². The van der Waals surface area contributed by atoms with Gasteiger partial charge in [0.05, 0.1) is 0 Å². The summed E-state index contributed by atoms with van der Waals surface area (Å²) in [4.78, 5) is 29.2. The average Bonchev–Trinajstić information content (AvgIpc) is 2.98. The molecule has 2 aliphatic carbocycles. The minimum atomic E-state index is -0.709. The van der Waals surface area contributed by atoms with Crippen LogP contribution in [0.1, 0.15) is 46.4 Å². The van der Waals surface area contributed by atoms with E-state index in [-0.39, 0.29) is 11.6 Å². The fourth-order valence-corrected chi connectivity index (χ4v) is 3.35. The molecule has 4 heteroatoms. The standard InChI is InChI=1S/C16H17NO2S/c18-14-11-7-3-4-8-12(11)15(19)16(20)13(14)17-9-10-5-1-2-6-10/h3-4,7-8,10,16,20H,1-2,5-6,9H2. The van der Waals surface area contributed by atoms with Crippen LogP contribution in [-0.4, -0.2) is 29.1 Å². The summed E-state index contributed by atoms with van der Waals surface area (Å²) in [5, 5.41) is -0.709. The van der Waals surface area contributed by atoms with E-state index in [1.165, 1.54) is 25.7 Å². The van der Waals surface area contributed by atoms with Crippen molar-refractivity contribution in [3.63, 3.8) is 0 Å². The molecule has 1 aromatic carbocycles. The number of carbonyl (C=O) groups excluding carboxylic acids is 2. The van der Waals surface area contributed by atoms with Crippen LogP contribution in [0.4, 0.5) is 0 Å². The summed E-state index contributed by atoms with van der Waals surface area (Å²) >= 11 is 4.31. The van der Waals surface area contributed by atoms with Crippen LogP contribution in [0.3, 0.4) is 0 Å². The lowest BCUT2D eigenvalue weighted by Crippen LogP contribution is -2.38. The summed E-state index contributed by atoms with van der Waals surface area (Å²) < 4.78 is 0. The molecule has 1 atom stereocenters. The number of fused-ring (bicyclic) bond motifs is 1. The third-order valence-corrected chi connectivity index (χ3v) is 4.65. The van der Waals surface area contributed by atoms with E-state index in [0.29, 0.717) is 29.3 Å². The number of aliphatic imine (C=N–C) groups is 1. The number of carbonyl (C=O) groups is 2. The predicted molar refractivity (Wildman–Crippen MR) is 82.1 cm³/mol. The van der Waals surface area contributed by atoms with Gasteiger partial charge in [-0.05, 0) is 18.8 Å². The fourth-order valence-electron chi connectivity index (χ4n) is 3.01. The third kappa shape index (κ3) is 2.33. The molecule has 0 saturated heterocycles. The highest BCUT2D eigenvalue weighted by molar-refractivity contribution is 7.83. The predicted octanol–water partition coefficient (Wildman–Crippen LogP) is 3.00. The van der Waals surface area contributed by atoms with Crippen molar-refractivity contribution in [3.8, 4) is 0 Å². The van der Waals surface area contributed by atoms with Gasteiger partial charge >= 0.3 is 0 Å². The van der Waals surface area contributed by atoms with E-state index in [1.54, 1.807) is 24.3 Å². The first-order chi connectivity index (χ1) is 9.68. The molecule has 0 bridgehead atoms. The first kappa shape index (κ1) is 13.6. The quantitative estimate of drug-likeness (QED) is 0.850. The van der Waals surface area contributed by atoms with Gasteiger partial charge in [-0.15, -0.1) is 0 Å². The van der Waals surface area contributed by atoms with Crippen LogP contribution in [-0.2, 0) is 0 Å². The maximum atomic E-state index is 12.4. The summed E-state index contributed by atoms with van der Waals surface area (Å²) in [6.07, 6.45) is 4.84. The summed E-state index contributed by atoms with van der Waals surface area (Å²) in [5.41, 5.74) is 1.26. The van der Waals surface area contributed by atoms with Crippen LogP contribution in [0.5, 0.6) is 0 Å². The zero-order valence-corrected chi connectivity index (χ0v) is 12.1. The minimum absolute atomic E-state index is 0.117. The number of nitrogens with zero attached hydrogens (tertiary/aromatic N) is 1. The van der Waals surface area contributed by atoms with Crippen molar-refractivity contribution in [2.24, 2.45) is 10.9 Å². The number of hydrogen-bond donors (Lipinski definition) is 1. The van der Waals surface area contributed by atoms with E-state index in [1.807, 2.05) is 0 Å². The molecule has 1 aromatic rings. The van der Waals surface area contributed by atoms with E-state index < -0.39 is 5.25 Å². The van der Waals surface area contributed by atoms with Crippen LogP contribution >= 0.6 is 12.6 Å². The lowest BCUT2D eigenvalue weighted by atomic mass is 9.87. The van der Waals surface area contributed by atoms with Crippen molar-refractivity contribution in [3.05, 3.63) is 35.4 Å². The summed E-state index contributed by atoms with van der Waals surface area (Å²) in [7, 11) is 0. The Morgan fingerprint density at radius 3 is 2.45 bits per heavy atom. The van der Waals surface area contributed by atoms with E-state index in [0.717, 1.165) is 0 Å². The molecular weight excluding hydrogens is 270 g/mol. The van der Waals surface area contributed by atoms with Gasteiger partial charge in [-0.2, -0.15) is 12.6 Å². The minimum Gasteiger partial charge on any atom is -0.292 e. The highest BCUT2D eigenvalue weighted by Gasteiger charge is 2.36. The normalized spacial score (nSPS) is 25.2. The van der Waals surface area contributed by atoms with Crippen molar-refractivity contribution in [1.82, 2.24) is 0 Å². The van der Waals surface area contributed by atoms with Crippen LogP contribution in [0.15, 0.2) is 29.3 Å². The van der Waals surface area contributed by atoms with Crippen LogP contribution in [0.2, 0.25) is 0 Å². The highest BCUT2D eigenvalue weighted by atomic mass is 32.1. The van der Waals surface area contributed by atoms with E-state index in [9.17, 15) is 9.59 Å². The number of hydrogen-bond acceptors (Lipinski definition) is 4. The van der Waals surface area contributed by atoms with Gasteiger partial charge in [0.25, 0.3) is 0 Å². The Morgan fingerprint density at radius 1 is 1.10 bits per heavy atom. The third-order valence-electron chi connectivity index (χ3n) is 4.17. The summed E-state index contributed by atoms with van der Waals surface area (Å²) in [6.45, 7) is 0.646. The van der Waals surface area contributed by atoms with Crippen LogP contribution < -0.4 is 0 Å². The van der Waals surface area contributed by atoms with Crippen LogP contribution in [0.25, 0.3) is 0 Å². The van der Waals surface area contributed by atoms with Crippen molar-refractivity contribution < 1.29 is 9.59 Å². The van der Waals surface area contributed by atoms with Crippen molar-refractivity contribution in [1.29, 1.82) is 0 Å². The Hall–Kier alpha value is -1.42. The number of ketones is 2. The monoisotopic (exact) mass is 287 g/mol. The largest absolute Gasteiger partial charge is 0.292 e. The van der Waals surface area contributed by atoms with Gasteiger partial charge in [-0.25, -0.2) is 0 Å². The molecule has 0 spiro atoms. The van der Waals surface area contributed by atoms with E-state index >= 15 is 0 Å². The zero-order valence-electron chi connectivity index (χ0n) is 11.2. The SMILES string of the molecule is O=C1C(=NCC2CCCC2)C(S)C(=O)c2ccccc21. The number of rotatable bonds is 2. The number of Topliss-reactive ketones (excluding diaryl/α,β-unsaturated/α-hetero) is 2. The molecule has 1 fully saturated rings. The average molecular weight is 287 g/mol. The molecule has 3 nitrogen and oxygen atoms in total. The summed E-state index contributed by atoms with van der Waals surface area (Å²) in [5.74, 6) is 0.301. The molecule has 1 unspecified atom stereocenters. The lowest BCUT2D eigenvalue weighted by Gasteiger charge is -2.21. The Kier molecular flexibility index (Phi) is 3.74. The first-order valence-corrected chi connectivity index (χ1v) is 7.60. The van der Waals surface area contributed by atoms with Gasteiger partial charge in [0.15, 0.2) is 5.78 Å². The maximum absolute atomic E-state index is 12.4. The molecule has 0 aromatic heterocycles. The topological polar surface area (TPSA) is 46.5 Å². The Morgan fingerprint density at radius 2 is 1.75 bits per heavy atom. The van der Waals surface area contributed by atoms with Gasteiger partial charge in [-0.1, -0.05) is 37.1 Å². The van der Waals surface area contributed by atoms with Crippen molar-refractivity contribution >= 4 is 29.9 Å². The Labute approximate surface area is 123 Å². The second-order valence-corrected chi connectivity index (χ2v) is 6.03. The molecule has 20 heavy (non-hydrogen) atoms. The molecule has 0 N–H and O–H groups in total. The first-order valence-electron chi connectivity index (χ1n) is 7.09. The second kappa shape index (κ2) is 5.52.